The Morgan fingerprint density at radius 2 is 1.90 bits per heavy atom. The van der Waals surface area contributed by atoms with Gasteiger partial charge in [-0.05, 0) is 43.1 Å². The first-order valence-corrected chi connectivity index (χ1v) is 7.69. The Morgan fingerprint density at radius 1 is 1.20 bits per heavy atom. The molecular weight excluding hydrogens is 248 g/mol. The third-order valence-electron chi connectivity index (χ3n) is 4.37. The van der Waals surface area contributed by atoms with Gasteiger partial charge < -0.3 is 9.84 Å². The van der Waals surface area contributed by atoms with Crippen LogP contribution in [0.2, 0.25) is 0 Å². The average Bonchev–Trinajstić information content (AvgIpc) is 2.53. The third-order valence-corrected chi connectivity index (χ3v) is 4.37. The van der Waals surface area contributed by atoms with Gasteiger partial charge in [0.2, 0.25) is 0 Å². The largest absolute Gasteiger partial charge is 0.396 e. The van der Waals surface area contributed by atoms with Crippen LogP contribution in [0.25, 0.3) is 0 Å². The lowest BCUT2D eigenvalue weighted by molar-refractivity contribution is 0.0543. The molecule has 0 saturated heterocycles. The summed E-state index contributed by atoms with van der Waals surface area (Å²) in [7, 11) is 0. The molecule has 1 aromatic carbocycles. The van der Waals surface area contributed by atoms with Gasteiger partial charge in [-0.2, -0.15) is 0 Å². The summed E-state index contributed by atoms with van der Waals surface area (Å²) in [5.41, 5.74) is 1.49. The number of aliphatic hydroxyl groups excluding tert-OH is 1. The SMILES string of the molecule is C=CC(CO)COCC1CCC(c2ccccc2)CC1. The van der Waals surface area contributed by atoms with Crippen LogP contribution in [0.4, 0.5) is 0 Å². The Balaban J connectivity index is 1.68. The van der Waals surface area contributed by atoms with Crippen molar-refractivity contribution in [3.8, 4) is 0 Å². The molecule has 110 valence electrons. The van der Waals surface area contributed by atoms with Gasteiger partial charge in [-0.1, -0.05) is 36.4 Å². The Bertz CT molecular complexity index is 380. The maximum atomic E-state index is 9.07. The predicted molar refractivity (Wildman–Crippen MR) is 82.7 cm³/mol. The lowest BCUT2D eigenvalue weighted by atomic mass is 9.79. The Kier molecular flexibility index (Phi) is 6.28. The molecule has 1 unspecified atom stereocenters. The lowest BCUT2D eigenvalue weighted by Gasteiger charge is -2.29. The molecule has 0 spiro atoms. The predicted octanol–water partition coefficient (Wildman–Crippen LogP) is 3.77. The summed E-state index contributed by atoms with van der Waals surface area (Å²) in [6, 6.07) is 10.8. The second kappa shape index (κ2) is 8.23. The van der Waals surface area contributed by atoms with E-state index in [1.54, 1.807) is 6.08 Å². The van der Waals surface area contributed by atoms with Crippen LogP contribution < -0.4 is 0 Å². The van der Waals surface area contributed by atoms with Crippen molar-refractivity contribution in [1.29, 1.82) is 0 Å². The minimum Gasteiger partial charge on any atom is -0.396 e. The first-order chi connectivity index (χ1) is 9.83. The van der Waals surface area contributed by atoms with Crippen molar-refractivity contribution >= 4 is 0 Å². The van der Waals surface area contributed by atoms with Gasteiger partial charge in [0.05, 0.1) is 13.2 Å². The number of aliphatic hydroxyl groups is 1. The van der Waals surface area contributed by atoms with Gasteiger partial charge in [-0.25, -0.2) is 0 Å². The highest BCUT2D eigenvalue weighted by Crippen LogP contribution is 2.35. The number of hydrogen-bond donors (Lipinski definition) is 1. The van der Waals surface area contributed by atoms with Crippen LogP contribution in [0.15, 0.2) is 43.0 Å². The molecule has 1 N–H and O–H groups in total. The van der Waals surface area contributed by atoms with Crippen molar-refractivity contribution in [3.63, 3.8) is 0 Å². The normalized spacial score (nSPS) is 24.2. The quantitative estimate of drug-likeness (QED) is 0.767. The molecule has 0 bridgehead atoms. The third kappa shape index (κ3) is 4.46. The zero-order chi connectivity index (χ0) is 14.2. The van der Waals surface area contributed by atoms with E-state index in [0.29, 0.717) is 12.5 Å². The van der Waals surface area contributed by atoms with Crippen molar-refractivity contribution in [2.75, 3.05) is 19.8 Å². The summed E-state index contributed by atoms with van der Waals surface area (Å²) in [5.74, 6) is 1.49. The van der Waals surface area contributed by atoms with Crippen molar-refractivity contribution in [3.05, 3.63) is 48.6 Å². The lowest BCUT2D eigenvalue weighted by Crippen LogP contribution is -2.20. The average molecular weight is 274 g/mol. The molecule has 0 aromatic heterocycles. The topological polar surface area (TPSA) is 29.5 Å². The first kappa shape index (κ1) is 15.3. The van der Waals surface area contributed by atoms with Gasteiger partial charge in [0.1, 0.15) is 0 Å². The van der Waals surface area contributed by atoms with Crippen LogP contribution in [0.1, 0.15) is 37.2 Å². The summed E-state index contributed by atoms with van der Waals surface area (Å²) >= 11 is 0. The van der Waals surface area contributed by atoms with E-state index in [-0.39, 0.29) is 12.5 Å². The maximum Gasteiger partial charge on any atom is 0.0550 e. The smallest absolute Gasteiger partial charge is 0.0550 e. The monoisotopic (exact) mass is 274 g/mol. The Morgan fingerprint density at radius 3 is 2.50 bits per heavy atom. The molecule has 0 heterocycles. The van der Waals surface area contributed by atoms with Crippen LogP contribution in [0.5, 0.6) is 0 Å². The van der Waals surface area contributed by atoms with Gasteiger partial charge in [-0.15, -0.1) is 6.58 Å². The van der Waals surface area contributed by atoms with Crippen LogP contribution in [0, 0.1) is 11.8 Å². The van der Waals surface area contributed by atoms with Gasteiger partial charge in [0.25, 0.3) is 0 Å². The van der Waals surface area contributed by atoms with E-state index < -0.39 is 0 Å². The molecule has 1 fully saturated rings. The zero-order valence-corrected chi connectivity index (χ0v) is 12.2. The molecule has 1 aromatic rings. The molecule has 1 aliphatic carbocycles. The summed E-state index contributed by atoms with van der Waals surface area (Å²) in [6.07, 6.45) is 6.80. The molecule has 1 saturated carbocycles. The van der Waals surface area contributed by atoms with E-state index >= 15 is 0 Å². The Labute approximate surface area is 122 Å². The van der Waals surface area contributed by atoms with Crippen molar-refractivity contribution in [1.82, 2.24) is 0 Å². The van der Waals surface area contributed by atoms with E-state index in [0.717, 1.165) is 12.5 Å². The fraction of sp³-hybridized carbons (Fsp3) is 0.556. The van der Waals surface area contributed by atoms with Crippen LogP contribution >= 0.6 is 0 Å². The molecule has 2 nitrogen and oxygen atoms in total. The van der Waals surface area contributed by atoms with E-state index in [9.17, 15) is 0 Å². The van der Waals surface area contributed by atoms with Crippen molar-refractivity contribution in [2.45, 2.75) is 31.6 Å². The summed E-state index contributed by atoms with van der Waals surface area (Å²) in [5, 5.41) is 9.07. The number of ether oxygens (including phenoxy) is 1. The van der Waals surface area contributed by atoms with E-state index in [2.05, 4.69) is 36.9 Å². The van der Waals surface area contributed by atoms with Gasteiger partial charge in [0.15, 0.2) is 0 Å². The highest BCUT2D eigenvalue weighted by molar-refractivity contribution is 5.19. The highest BCUT2D eigenvalue weighted by Gasteiger charge is 2.22. The molecule has 2 heteroatoms. The second-order valence-electron chi connectivity index (χ2n) is 5.84. The summed E-state index contributed by atoms with van der Waals surface area (Å²) < 4.78 is 5.73. The van der Waals surface area contributed by atoms with Crippen LogP contribution in [-0.2, 0) is 4.74 Å². The van der Waals surface area contributed by atoms with E-state index in [1.807, 2.05) is 0 Å². The number of rotatable bonds is 7. The van der Waals surface area contributed by atoms with Crippen LogP contribution in [-0.4, -0.2) is 24.9 Å². The second-order valence-corrected chi connectivity index (χ2v) is 5.84. The van der Waals surface area contributed by atoms with Crippen molar-refractivity contribution < 1.29 is 9.84 Å². The van der Waals surface area contributed by atoms with E-state index in [4.69, 9.17) is 9.84 Å². The Hall–Kier alpha value is -1.12. The molecule has 0 aliphatic heterocycles. The summed E-state index contributed by atoms with van der Waals surface area (Å²) in [6.45, 7) is 5.25. The molecule has 20 heavy (non-hydrogen) atoms. The number of benzene rings is 1. The molecule has 2 rings (SSSR count). The van der Waals surface area contributed by atoms with Crippen molar-refractivity contribution in [2.24, 2.45) is 11.8 Å². The summed E-state index contributed by atoms with van der Waals surface area (Å²) in [4.78, 5) is 0. The van der Waals surface area contributed by atoms with Gasteiger partial charge >= 0.3 is 0 Å². The minimum absolute atomic E-state index is 0.0793. The van der Waals surface area contributed by atoms with E-state index in [1.165, 1.54) is 31.2 Å². The zero-order valence-electron chi connectivity index (χ0n) is 12.2. The van der Waals surface area contributed by atoms with Gasteiger partial charge in [0, 0.05) is 12.5 Å². The maximum absolute atomic E-state index is 9.07. The highest BCUT2D eigenvalue weighted by atomic mass is 16.5. The standard InChI is InChI=1S/C18H26O2/c1-2-15(12-19)13-20-14-16-8-10-18(11-9-16)17-6-4-3-5-7-17/h2-7,15-16,18-19H,1,8-14H2. The minimum atomic E-state index is 0.0793. The molecule has 1 aliphatic rings. The van der Waals surface area contributed by atoms with Crippen LogP contribution in [0.3, 0.4) is 0 Å². The fourth-order valence-electron chi connectivity index (χ4n) is 2.97. The molecule has 0 amide bonds. The number of hydrogen-bond acceptors (Lipinski definition) is 2. The molecule has 0 radical (unpaired) electrons. The molecular formula is C18H26O2. The fourth-order valence-corrected chi connectivity index (χ4v) is 2.97. The van der Waals surface area contributed by atoms with Gasteiger partial charge in [-0.3, -0.25) is 0 Å². The molecule has 1 atom stereocenters. The first-order valence-electron chi connectivity index (χ1n) is 7.69.